The average Bonchev–Trinajstić information content (AvgIpc) is 2.97. The van der Waals surface area contributed by atoms with Crippen LogP contribution in [-0.4, -0.2) is 42.3 Å². The van der Waals surface area contributed by atoms with E-state index in [1.54, 1.807) is 6.07 Å². The summed E-state index contributed by atoms with van der Waals surface area (Å²) in [4.78, 5) is 14.6. The van der Waals surface area contributed by atoms with Gasteiger partial charge >= 0.3 is 0 Å². The Morgan fingerprint density at radius 1 is 1.33 bits per heavy atom. The summed E-state index contributed by atoms with van der Waals surface area (Å²) in [6, 6.07) is 1.79. The molecule has 1 aromatic rings. The molecule has 0 bridgehead atoms. The Balaban J connectivity index is 1.71. The Hall–Kier alpha value is -1.36. The SMILES string of the molecule is CC(C)c1cc(C(=O)N2CCCC3(CCOCC3)C2)no1. The fourth-order valence-corrected chi connectivity index (χ4v) is 3.42. The number of ether oxygens (including phenoxy) is 1. The van der Waals surface area contributed by atoms with Crippen LogP contribution in [0.4, 0.5) is 0 Å². The molecule has 1 aromatic heterocycles. The van der Waals surface area contributed by atoms with Gasteiger partial charge in [0.25, 0.3) is 5.91 Å². The Labute approximate surface area is 125 Å². The van der Waals surface area contributed by atoms with Crippen molar-refractivity contribution in [3.8, 4) is 0 Å². The van der Waals surface area contributed by atoms with Crippen LogP contribution in [0.3, 0.4) is 0 Å². The maximum Gasteiger partial charge on any atom is 0.276 e. The highest BCUT2D eigenvalue weighted by molar-refractivity contribution is 5.92. The van der Waals surface area contributed by atoms with Crippen LogP contribution >= 0.6 is 0 Å². The fraction of sp³-hybridized carbons (Fsp3) is 0.750. The molecule has 1 amide bonds. The second-order valence-corrected chi connectivity index (χ2v) is 6.71. The number of nitrogens with zero attached hydrogens (tertiary/aromatic N) is 2. The van der Waals surface area contributed by atoms with Crippen LogP contribution in [0.5, 0.6) is 0 Å². The maximum atomic E-state index is 12.6. The zero-order valence-electron chi connectivity index (χ0n) is 12.9. The average molecular weight is 292 g/mol. The van der Waals surface area contributed by atoms with Gasteiger partial charge in [0.1, 0.15) is 5.76 Å². The van der Waals surface area contributed by atoms with Crippen molar-refractivity contribution in [2.75, 3.05) is 26.3 Å². The molecule has 0 saturated carbocycles. The van der Waals surface area contributed by atoms with Gasteiger partial charge in [-0.05, 0) is 31.1 Å². The number of likely N-dealkylation sites (tertiary alicyclic amines) is 1. The summed E-state index contributed by atoms with van der Waals surface area (Å²) in [5.74, 6) is 1.04. The minimum atomic E-state index is 0.0104. The van der Waals surface area contributed by atoms with Gasteiger partial charge in [0.15, 0.2) is 5.69 Å². The number of hydrogen-bond donors (Lipinski definition) is 0. The maximum absolute atomic E-state index is 12.6. The van der Waals surface area contributed by atoms with Gasteiger partial charge in [-0.1, -0.05) is 19.0 Å². The third-order valence-corrected chi connectivity index (χ3v) is 4.82. The van der Waals surface area contributed by atoms with Gasteiger partial charge < -0.3 is 14.2 Å². The minimum Gasteiger partial charge on any atom is -0.381 e. The molecule has 2 aliphatic heterocycles. The summed E-state index contributed by atoms with van der Waals surface area (Å²) in [7, 11) is 0. The van der Waals surface area contributed by atoms with Gasteiger partial charge in [0.2, 0.25) is 0 Å². The third-order valence-electron chi connectivity index (χ3n) is 4.82. The van der Waals surface area contributed by atoms with Gasteiger partial charge in [-0.25, -0.2) is 0 Å². The van der Waals surface area contributed by atoms with Gasteiger partial charge in [0, 0.05) is 38.3 Å². The summed E-state index contributed by atoms with van der Waals surface area (Å²) in [6.07, 6.45) is 4.40. The molecule has 2 aliphatic rings. The minimum absolute atomic E-state index is 0.0104. The Bertz CT molecular complexity index is 498. The van der Waals surface area contributed by atoms with Gasteiger partial charge in [-0.2, -0.15) is 0 Å². The lowest BCUT2D eigenvalue weighted by Crippen LogP contribution is -2.48. The molecule has 3 rings (SSSR count). The molecule has 2 saturated heterocycles. The topological polar surface area (TPSA) is 55.6 Å². The first kappa shape index (κ1) is 14.6. The van der Waals surface area contributed by atoms with Crippen LogP contribution in [0.15, 0.2) is 10.6 Å². The summed E-state index contributed by atoms with van der Waals surface area (Å²) >= 11 is 0. The van der Waals surface area contributed by atoms with E-state index >= 15 is 0 Å². The van der Waals surface area contributed by atoms with Crippen molar-refractivity contribution in [3.63, 3.8) is 0 Å². The molecule has 21 heavy (non-hydrogen) atoms. The predicted octanol–water partition coefficient (Wildman–Crippen LogP) is 2.83. The number of amides is 1. The molecule has 2 fully saturated rings. The van der Waals surface area contributed by atoms with Crippen LogP contribution in [0.2, 0.25) is 0 Å². The van der Waals surface area contributed by atoms with E-state index in [2.05, 4.69) is 5.16 Å². The number of aromatic nitrogens is 1. The Morgan fingerprint density at radius 2 is 2.10 bits per heavy atom. The molecule has 116 valence electrons. The van der Waals surface area contributed by atoms with E-state index in [0.29, 0.717) is 5.69 Å². The number of rotatable bonds is 2. The molecular formula is C16H24N2O3. The largest absolute Gasteiger partial charge is 0.381 e. The van der Waals surface area contributed by atoms with Crippen LogP contribution in [0, 0.1) is 5.41 Å². The lowest BCUT2D eigenvalue weighted by atomic mass is 9.74. The van der Waals surface area contributed by atoms with E-state index in [1.807, 2.05) is 18.7 Å². The van der Waals surface area contributed by atoms with Crippen molar-refractivity contribution < 1.29 is 14.1 Å². The molecule has 5 nitrogen and oxygen atoms in total. The van der Waals surface area contributed by atoms with E-state index in [-0.39, 0.29) is 17.2 Å². The molecule has 5 heteroatoms. The summed E-state index contributed by atoms with van der Waals surface area (Å²) in [5.41, 5.74) is 0.708. The molecule has 0 N–H and O–H groups in total. The second-order valence-electron chi connectivity index (χ2n) is 6.71. The molecular weight excluding hydrogens is 268 g/mol. The summed E-state index contributed by atoms with van der Waals surface area (Å²) in [5, 5.41) is 3.96. The van der Waals surface area contributed by atoms with Crippen LogP contribution in [0.1, 0.15) is 61.7 Å². The van der Waals surface area contributed by atoms with Gasteiger partial charge in [-0.3, -0.25) is 4.79 Å². The standard InChI is InChI=1S/C16H24N2O3/c1-12(2)14-10-13(17-21-14)15(19)18-7-3-4-16(11-18)5-8-20-9-6-16/h10,12H,3-9,11H2,1-2H3. The van der Waals surface area contributed by atoms with Gasteiger partial charge in [-0.15, -0.1) is 0 Å². The first-order valence-corrected chi connectivity index (χ1v) is 7.93. The number of carbonyl (C=O) groups is 1. The van der Waals surface area contributed by atoms with E-state index < -0.39 is 0 Å². The van der Waals surface area contributed by atoms with E-state index in [4.69, 9.17) is 9.26 Å². The molecule has 0 unspecified atom stereocenters. The normalized spacial score (nSPS) is 22.0. The number of hydrogen-bond acceptors (Lipinski definition) is 4. The summed E-state index contributed by atoms with van der Waals surface area (Å²) < 4.78 is 10.7. The monoisotopic (exact) mass is 292 g/mol. The third kappa shape index (κ3) is 2.98. The quantitative estimate of drug-likeness (QED) is 0.841. The summed E-state index contributed by atoms with van der Waals surface area (Å²) in [6.45, 7) is 7.37. The lowest BCUT2D eigenvalue weighted by Gasteiger charge is -2.44. The molecule has 1 spiro atoms. The van der Waals surface area contributed by atoms with Crippen molar-refractivity contribution in [2.45, 2.75) is 45.4 Å². The lowest BCUT2D eigenvalue weighted by molar-refractivity contribution is -0.0231. The van der Waals surface area contributed by atoms with Crippen molar-refractivity contribution in [1.82, 2.24) is 10.1 Å². The predicted molar refractivity (Wildman–Crippen MR) is 78.2 cm³/mol. The van der Waals surface area contributed by atoms with Crippen molar-refractivity contribution in [1.29, 1.82) is 0 Å². The zero-order valence-corrected chi connectivity index (χ0v) is 12.9. The Morgan fingerprint density at radius 3 is 2.76 bits per heavy atom. The van der Waals surface area contributed by atoms with Crippen LogP contribution < -0.4 is 0 Å². The van der Waals surface area contributed by atoms with E-state index in [9.17, 15) is 4.79 Å². The first-order valence-electron chi connectivity index (χ1n) is 7.93. The number of carbonyl (C=O) groups excluding carboxylic acids is 1. The highest BCUT2D eigenvalue weighted by Crippen LogP contribution is 2.39. The smallest absolute Gasteiger partial charge is 0.276 e. The van der Waals surface area contributed by atoms with E-state index in [1.165, 1.54) is 6.42 Å². The highest BCUT2D eigenvalue weighted by atomic mass is 16.5. The molecule has 0 aliphatic carbocycles. The highest BCUT2D eigenvalue weighted by Gasteiger charge is 2.39. The first-order chi connectivity index (χ1) is 10.1. The van der Waals surface area contributed by atoms with Crippen LogP contribution in [-0.2, 0) is 4.74 Å². The van der Waals surface area contributed by atoms with Crippen LogP contribution in [0.25, 0.3) is 0 Å². The van der Waals surface area contributed by atoms with Crippen molar-refractivity contribution in [2.24, 2.45) is 5.41 Å². The molecule has 3 heterocycles. The van der Waals surface area contributed by atoms with Crippen molar-refractivity contribution in [3.05, 3.63) is 17.5 Å². The Kier molecular flexibility index (Phi) is 4.02. The molecule has 0 aromatic carbocycles. The fourth-order valence-electron chi connectivity index (χ4n) is 3.42. The van der Waals surface area contributed by atoms with Crippen molar-refractivity contribution >= 4 is 5.91 Å². The van der Waals surface area contributed by atoms with E-state index in [0.717, 1.165) is 51.3 Å². The zero-order chi connectivity index (χ0) is 14.9. The molecule has 0 atom stereocenters. The second kappa shape index (κ2) is 5.79. The molecule has 0 radical (unpaired) electrons. The number of piperidine rings is 1. The van der Waals surface area contributed by atoms with Gasteiger partial charge in [0.05, 0.1) is 0 Å².